The second-order valence-corrected chi connectivity index (χ2v) is 15.4. The van der Waals surface area contributed by atoms with Gasteiger partial charge in [0.2, 0.25) is 16.0 Å². The Kier molecular flexibility index (Phi) is 9.36. The molecule has 1 aromatic heterocycles. The van der Waals surface area contributed by atoms with Crippen LogP contribution in [0.15, 0.2) is 34.9 Å². The summed E-state index contributed by atoms with van der Waals surface area (Å²) in [6.07, 6.45) is 7.02. The summed E-state index contributed by atoms with van der Waals surface area (Å²) in [5.74, 6) is 1.50. The Hall–Kier alpha value is -2.84. The number of likely N-dealkylation sites (N-methyl/N-ethyl adjacent to an activating group) is 1. The molecule has 3 aliphatic rings. The van der Waals surface area contributed by atoms with Crippen molar-refractivity contribution in [1.29, 1.82) is 0 Å². The number of piperidine rings is 1. The first-order chi connectivity index (χ1) is 21.4. The number of anilines is 6. The van der Waals surface area contributed by atoms with E-state index in [9.17, 15) is 8.42 Å². The minimum atomic E-state index is -3.51. The van der Waals surface area contributed by atoms with E-state index in [1.165, 1.54) is 19.5 Å². The van der Waals surface area contributed by atoms with E-state index >= 15 is 0 Å². The van der Waals surface area contributed by atoms with Gasteiger partial charge in [0.1, 0.15) is 11.6 Å². The van der Waals surface area contributed by atoms with Crippen molar-refractivity contribution < 1.29 is 13.2 Å². The normalized spacial score (nSPS) is 19.1. The number of nitrogens with one attached hydrogen (secondary N) is 3. The van der Waals surface area contributed by atoms with Crippen LogP contribution in [0, 0.1) is 6.92 Å². The molecule has 0 radical (unpaired) electrons. The molecule has 0 bridgehead atoms. The predicted molar refractivity (Wildman–Crippen MR) is 185 cm³/mol. The summed E-state index contributed by atoms with van der Waals surface area (Å²) in [5, 5.41) is 7.09. The number of halogens is 2. The van der Waals surface area contributed by atoms with Crippen LogP contribution in [0.3, 0.4) is 0 Å². The molecule has 242 valence electrons. The lowest BCUT2D eigenvalue weighted by atomic mass is 10.0. The molecule has 45 heavy (non-hydrogen) atoms. The van der Waals surface area contributed by atoms with Gasteiger partial charge in [0, 0.05) is 62.6 Å². The third-order valence-electron chi connectivity index (χ3n) is 8.90. The summed E-state index contributed by atoms with van der Waals surface area (Å²) >= 11 is 10.3. The topological polar surface area (TPSA) is 115 Å². The third-order valence-corrected chi connectivity index (χ3v) is 10.4. The van der Waals surface area contributed by atoms with Gasteiger partial charge in [-0.1, -0.05) is 11.6 Å². The van der Waals surface area contributed by atoms with Gasteiger partial charge in [0.25, 0.3) is 0 Å². The van der Waals surface area contributed by atoms with Crippen molar-refractivity contribution in [2.45, 2.75) is 44.7 Å². The highest BCUT2D eigenvalue weighted by Crippen LogP contribution is 2.39. The van der Waals surface area contributed by atoms with Gasteiger partial charge in [0.15, 0.2) is 0 Å². The van der Waals surface area contributed by atoms with E-state index in [-0.39, 0.29) is 0 Å². The van der Waals surface area contributed by atoms with Gasteiger partial charge < -0.3 is 25.2 Å². The zero-order valence-electron chi connectivity index (χ0n) is 26.0. The van der Waals surface area contributed by atoms with Crippen LogP contribution in [0.4, 0.5) is 34.5 Å². The van der Waals surface area contributed by atoms with Crippen molar-refractivity contribution in [1.82, 2.24) is 19.8 Å². The summed E-state index contributed by atoms with van der Waals surface area (Å²) in [6.45, 7) is 7.02. The van der Waals surface area contributed by atoms with Crippen LogP contribution in [0.25, 0.3) is 0 Å². The van der Waals surface area contributed by atoms with E-state index in [4.69, 9.17) is 16.3 Å². The first kappa shape index (κ1) is 32.1. The molecule has 3 N–H and O–H groups in total. The molecule has 3 aromatic rings. The molecule has 2 fully saturated rings. The fourth-order valence-corrected chi connectivity index (χ4v) is 7.54. The fraction of sp³-hybridized carbons (Fsp3) is 0.484. The van der Waals surface area contributed by atoms with Crippen molar-refractivity contribution in [3.8, 4) is 5.75 Å². The Labute approximate surface area is 278 Å². The highest BCUT2D eigenvalue weighted by Gasteiger charge is 2.32. The molecule has 0 aliphatic carbocycles. The largest absolute Gasteiger partial charge is 0.493 e. The first-order valence-corrected chi connectivity index (χ1v) is 18.3. The number of likely N-dealkylation sites (tertiary alicyclic amines) is 1. The average molecular weight is 720 g/mol. The lowest BCUT2D eigenvalue weighted by molar-refractivity contribution is 0.189. The van der Waals surface area contributed by atoms with Crippen LogP contribution in [-0.4, -0.2) is 93.4 Å². The molecule has 0 spiro atoms. The molecular weight excluding hydrogens is 680 g/mol. The highest BCUT2D eigenvalue weighted by molar-refractivity contribution is 9.10. The molecule has 6 rings (SSSR count). The molecule has 2 aromatic carbocycles. The Bertz CT molecular complexity index is 1680. The van der Waals surface area contributed by atoms with Crippen LogP contribution >= 0.6 is 27.5 Å². The van der Waals surface area contributed by atoms with Crippen molar-refractivity contribution in [3.05, 3.63) is 51.1 Å². The van der Waals surface area contributed by atoms with Crippen LogP contribution < -0.4 is 25.0 Å². The summed E-state index contributed by atoms with van der Waals surface area (Å²) < 4.78 is 33.1. The van der Waals surface area contributed by atoms with Crippen LogP contribution in [0.1, 0.15) is 30.4 Å². The van der Waals surface area contributed by atoms with Gasteiger partial charge in [-0.2, -0.15) is 4.98 Å². The van der Waals surface area contributed by atoms with Crippen molar-refractivity contribution in [2.75, 3.05) is 73.4 Å². The van der Waals surface area contributed by atoms with E-state index in [2.05, 4.69) is 77.0 Å². The van der Waals surface area contributed by atoms with Crippen LogP contribution in [-0.2, 0) is 16.4 Å². The van der Waals surface area contributed by atoms with E-state index in [1.54, 1.807) is 18.3 Å². The number of sulfonamides is 1. The maximum atomic E-state index is 12.1. The molecule has 14 heteroatoms. The number of benzene rings is 2. The van der Waals surface area contributed by atoms with Crippen LogP contribution in [0.5, 0.6) is 5.75 Å². The minimum Gasteiger partial charge on any atom is -0.493 e. The van der Waals surface area contributed by atoms with Crippen molar-refractivity contribution >= 4 is 72.1 Å². The fourth-order valence-electron chi connectivity index (χ4n) is 6.48. The number of aryl methyl sites for hydroxylation is 1. The molecular formula is C31H40BrClN8O3S. The van der Waals surface area contributed by atoms with Crippen molar-refractivity contribution in [2.24, 2.45) is 0 Å². The van der Waals surface area contributed by atoms with Gasteiger partial charge >= 0.3 is 0 Å². The SMILES string of the molecule is Cc1cc(Nc2ncc(Br)c(Nc3cc4c(cc3NS(C)(=O)=O)CCO4)n2)c(Cl)cc1N1CCC(N2CCC(N(C)C)C2)CC1. The Morgan fingerprint density at radius 1 is 1.04 bits per heavy atom. The Morgan fingerprint density at radius 2 is 1.82 bits per heavy atom. The highest BCUT2D eigenvalue weighted by atomic mass is 79.9. The summed E-state index contributed by atoms with van der Waals surface area (Å²) in [5.41, 5.74) is 4.85. The predicted octanol–water partition coefficient (Wildman–Crippen LogP) is 5.60. The molecule has 1 unspecified atom stereocenters. The molecule has 4 heterocycles. The van der Waals surface area contributed by atoms with Gasteiger partial charge in [-0.15, -0.1) is 0 Å². The summed E-state index contributed by atoms with van der Waals surface area (Å²) in [7, 11) is 0.856. The number of hydrogen-bond donors (Lipinski definition) is 3. The van der Waals surface area contributed by atoms with Gasteiger partial charge in [-0.25, -0.2) is 13.4 Å². The quantitative estimate of drug-likeness (QED) is 0.258. The van der Waals surface area contributed by atoms with Crippen molar-refractivity contribution in [3.63, 3.8) is 0 Å². The van der Waals surface area contributed by atoms with E-state index in [0.29, 0.717) is 69.2 Å². The maximum Gasteiger partial charge on any atom is 0.229 e. The molecule has 0 amide bonds. The van der Waals surface area contributed by atoms with Crippen LogP contribution in [0.2, 0.25) is 5.02 Å². The number of nitrogens with zero attached hydrogens (tertiary/aromatic N) is 5. The number of fused-ring (bicyclic) bond motifs is 1. The van der Waals surface area contributed by atoms with E-state index in [1.807, 2.05) is 12.1 Å². The molecule has 3 aliphatic heterocycles. The van der Waals surface area contributed by atoms with Gasteiger partial charge in [-0.05, 0) is 85.5 Å². The second-order valence-electron chi connectivity index (χ2n) is 12.4. The minimum absolute atomic E-state index is 0.340. The second kappa shape index (κ2) is 13.1. The molecule has 1 atom stereocenters. The molecule has 0 saturated carbocycles. The summed E-state index contributed by atoms with van der Waals surface area (Å²) in [6, 6.07) is 8.95. The summed E-state index contributed by atoms with van der Waals surface area (Å²) in [4.78, 5) is 16.6. The molecule has 2 saturated heterocycles. The standard InChI is InChI=1S/C31H40BrClN8O3S/c1-19-13-25(24(33)15-28(19)40-9-5-21(6-10-40)41-11-7-22(18-41)39(2)3)36-31-34-17-23(32)30(37-31)35-26-16-29-20(8-12-44-29)14-27(26)38-45(4,42)43/h13-17,21-22,38H,5-12,18H2,1-4H3,(H2,34,35,36,37). The molecule has 11 nitrogen and oxygen atoms in total. The average Bonchev–Trinajstić information content (AvgIpc) is 3.66. The smallest absolute Gasteiger partial charge is 0.229 e. The Balaban J connectivity index is 1.15. The van der Waals surface area contributed by atoms with E-state index in [0.717, 1.165) is 49.0 Å². The first-order valence-electron chi connectivity index (χ1n) is 15.2. The maximum absolute atomic E-state index is 12.1. The van der Waals surface area contributed by atoms with Gasteiger partial charge in [-0.3, -0.25) is 9.62 Å². The number of aromatic nitrogens is 2. The third kappa shape index (κ3) is 7.43. The van der Waals surface area contributed by atoms with E-state index < -0.39 is 10.0 Å². The number of ether oxygens (including phenoxy) is 1. The Morgan fingerprint density at radius 3 is 2.53 bits per heavy atom. The number of hydrogen-bond acceptors (Lipinski definition) is 10. The van der Waals surface area contributed by atoms with Gasteiger partial charge in [0.05, 0.1) is 39.4 Å². The lowest BCUT2D eigenvalue weighted by Crippen LogP contribution is -2.45. The lowest BCUT2D eigenvalue weighted by Gasteiger charge is -2.38. The monoisotopic (exact) mass is 718 g/mol. The zero-order valence-corrected chi connectivity index (χ0v) is 29.2. The number of rotatable bonds is 9. The zero-order chi connectivity index (χ0) is 31.9.